The normalized spacial score (nSPS) is 5.56. The zero-order chi connectivity index (χ0) is 8.85. The third kappa shape index (κ3) is 15.1. The molecule has 0 saturated heterocycles. The van der Waals surface area contributed by atoms with Crippen molar-refractivity contribution in [2.24, 2.45) is 0 Å². The van der Waals surface area contributed by atoms with Gasteiger partial charge in [0.05, 0.1) is 12.2 Å². The standard InChI is InChI=1S/C6H6NO2S2.2Na.3H2O/c1-2-9-5(8)4(3-7)6(10)11;;;;;/h2H2,1H3,(H,10,11);;;3*1H2/q-1;2*+1;;;/p-1. The summed E-state index contributed by atoms with van der Waals surface area (Å²) in [7, 11) is 0. The Morgan fingerprint density at radius 3 is 1.94 bits per heavy atom. The summed E-state index contributed by atoms with van der Waals surface area (Å²) in [5.74, 6) is 0.842. The van der Waals surface area contributed by atoms with E-state index >= 15 is 0 Å². The molecule has 0 rings (SSSR count). The Hall–Kier alpha value is 1.11. The van der Waals surface area contributed by atoms with E-state index in [0.29, 0.717) is 0 Å². The van der Waals surface area contributed by atoms with Gasteiger partial charge in [0, 0.05) is 0 Å². The van der Waals surface area contributed by atoms with Gasteiger partial charge in [0.15, 0.2) is 0 Å². The number of hydrogen-bond acceptors (Lipinski definition) is 4. The molecule has 0 aliphatic carbocycles. The summed E-state index contributed by atoms with van der Waals surface area (Å²) in [5, 5.41) is 8.35. The summed E-state index contributed by atoms with van der Waals surface area (Å²) in [5.41, 5.74) is -0.267. The van der Waals surface area contributed by atoms with Gasteiger partial charge in [0.1, 0.15) is 0 Å². The number of esters is 1. The minimum absolute atomic E-state index is 0. The van der Waals surface area contributed by atoms with Crippen LogP contribution in [-0.4, -0.2) is 39.1 Å². The minimum Gasteiger partial charge on any atom is -0.763 e. The molecule has 0 aromatic rings. The van der Waals surface area contributed by atoms with Crippen LogP contribution in [0, 0.1) is 0 Å². The number of hydrogen-bond donors (Lipinski definition) is 0. The van der Waals surface area contributed by atoms with E-state index in [1.54, 1.807) is 12.8 Å². The molecular weight excluding hydrogens is 276 g/mol. The van der Waals surface area contributed by atoms with Crippen molar-refractivity contribution in [3.8, 4) is 0 Å². The van der Waals surface area contributed by atoms with Crippen LogP contribution in [0.3, 0.4) is 0 Å². The van der Waals surface area contributed by atoms with Crippen LogP contribution < -0.4 is 59.1 Å². The van der Waals surface area contributed by atoms with E-state index in [2.05, 4.69) is 29.6 Å². The first kappa shape index (κ1) is 36.0. The maximum absolute atomic E-state index is 10.8. The van der Waals surface area contributed by atoms with Gasteiger partial charge in [-0.05, 0) is 6.92 Å². The monoisotopic (exact) mass is 287 g/mol. The summed E-state index contributed by atoms with van der Waals surface area (Å²) >= 11 is 8.92. The molecule has 0 fully saturated rings. The van der Waals surface area contributed by atoms with Crippen LogP contribution in [0.5, 0.6) is 0 Å². The number of carbonyl (C=O) groups is 1. The van der Waals surface area contributed by atoms with Gasteiger partial charge in [0.2, 0.25) is 0 Å². The number of nitrogens with zero attached hydrogens (tertiary/aromatic N) is 1. The maximum Gasteiger partial charge on any atom is 1.00 e. The first-order chi connectivity index (χ1) is 5.13. The molecule has 6 nitrogen and oxygen atoms in total. The Morgan fingerprint density at radius 1 is 1.38 bits per heavy atom. The predicted molar refractivity (Wildman–Crippen MR) is 59.3 cm³/mol. The zero-order valence-corrected chi connectivity index (χ0v) is 14.9. The molecule has 0 spiro atoms. The molecule has 0 aromatic carbocycles. The number of ether oxygens (including phenoxy) is 1. The van der Waals surface area contributed by atoms with E-state index in [9.17, 15) is 4.79 Å². The predicted octanol–water partition coefficient (Wildman–Crippen LogP) is -7.88. The van der Waals surface area contributed by atoms with Crippen LogP contribution in [0.4, 0.5) is 0 Å². The third-order valence-corrected chi connectivity index (χ3v) is 1.20. The van der Waals surface area contributed by atoms with Gasteiger partial charge < -0.3 is 51.4 Å². The van der Waals surface area contributed by atoms with Crippen LogP contribution in [0.2, 0.25) is 0 Å². The largest absolute Gasteiger partial charge is 1.00 e. The molecule has 0 amide bonds. The van der Waals surface area contributed by atoms with E-state index in [1.165, 1.54) is 0 Å². The zero-order valence-electron chi connectivity index (χ0n) is 9.29. The summed E-state index contributed by atoms with van der Waals surface area (Å²) in [6.45, 7) is 1.85. The number of carbonyl (C=O) groups excluding carboxylic acids is 1. The van der Waals surface area contributed by atoms with Gasteiger partial charge in [0.25, 0.3) is 0 Å². The van der Waals surface area contributed by atoms with Crippen molar-refractivity contribution < 1.29 is 85.1 Å². The van der Waals surface area contributed by atoms with Crippen molar-refractivity contribution in [3.05, 3.63) is 11.0 Å². The van der Waals surface area contributed by atoms with E-state index in [0.717, 1.165) is 0 Å². The summed E-state index contributed by atoms with van der Waals surface area (Å²) in [6.07, 6.45) is 0. The molecule has 0 aliphatic heterocycles. The first-order valence-corrected chi connectivity index (χ1v) is 3.60. The molecule has 0 unspecified atom stereocenters. The van der Waals surface area contributed by atoms with Crippen LogP contribution in [0.25, 0.3) is 5.41 Å². The molecule has 84 valence electrons. The second-order valence-electron chi connectivity index (χ2n) is 1.49. The molecular formula is C6H11NNa2O5S2. The van der Waals surface area contributed by atoms with E-state index in [4.69, 9.17) is 5.41 Å². The maximum atomic E-state index is 10.8. The average Bonchev–Trinajstić information content (AvgIpc) is 1.88. The average molecular weight is 287 g/mol. The van der Waals surface area contributed by atoms with Gasteiger partial charge in [-0.2, -0.15) is 0 Å². The smallest absolute Gasteiger partial charge is 0.763 e. The molecule has 0 atom stereocenters. The molecule has 10 heteroatoms. The van der Waals surface area contributed by atoms with Crippen molar-refractivity contribution in [1.82, 2.24) is 0 Å². The molecule has 0 aliphatic rings. The molecule has 0 radical (unpaired) electrons. The molecule has 0 bridgehead atoms. The SMILES string of the molecule is CCOC(=O)C(=C=[N-])C(=S)[S-].O.O.O.[Na+].[Na+]. The summed E-state index contributed by atoms with van der Waals surface area (Å²) in [4.78, 5) is 10.8. The Labute approximate surface area is 149 Å². The van der Waals surface area contributed by atoms with Gasteiger partial charge in [-0.25, -0.2) is 4.79 Å². The first-order valence-electron chi connectivity index (χ1n) is 2.79. The van der Waals surface area contributed by atoms with Crippen molar-refractivity contribution >= 4 is 40.9 Å². The minimum atomic E-state index is -0.741. The van der Waals surface area contributed by atoms with E-state index < -0.39 is 5.97 Å². The number of thiocarbonyl (C=S) groups is 1. The quantitative estimate of drug-likeness (QED) is 0.127. The van der Waals surface area contributed by atoms with Gasteiger partial charge in [-0.3, -0.25) is 5.87 Å². The van der Waals surface area contributed by atoms with Crippen molar-refractivity contribution in [2.75, 3.05) is 6.61 Å². The summed E-state index contributed by atoms with van der Waals surface area (Å²) < 4.78 is 4.36. The molecule has 0 heterocycles. The van der Waals surface area contributed by atoms with Crippen LogP contribution in [-0.2, 0) is 22.2 Å². The van der Waals surface area contributed by atoms with Crippen molar-refractivity contribution in [1.29, 1.82) is 0 Å². The fraction of sp³-hybridized carbons (Fsp3) is 0.333. The third-order valence-electron chi connectivity index (χ3n) is 0.795. The Morgan fingerprint density at radius 2 is 1.75 bits per heavy atom. The molecule has 16 heavy (non-hydrogen) atoms. The fourth-order valence-electron chi connectivity index (χ4n) is 0.378. The van der Waals surface area contributed by atoms with Gasteiger partial charge >= 0.3 is 65.1 Å². The molecule has 0 saturated carbocycles. The second kappa shape index (κ2) is 21.4. The topological polar surface area (TPSA) is 143 Å². The Balaban J connectivity index is -0.0000000500. The Kier molecular flexibility index (Phi) is 48.1. The van der Waals surface area contributed by atoms with Crippen LogP contribution in [0.15, 0.2) is 5.57 Å². The number of rotatable bonds is 3. The van der Waals surface area contributed by atoms with Crippen molar-refractivity contribution in [3.63, 3.8) is 0 Å². The van der Waals surface area contributed by atoms with E-state index in [1.807, 2.05) is 0 Å². The van der Waals surface area contributed by atoms with Crippen molar-refractivity contribution in [2.45, 2.75) is 6.92 Å². The van der Waals surface area contributed by atoms with Gasteiger partial charge in [-0.1, -0.05) is 0 Å². The fourth-order valence-corrected chi connectivity index (χ4v) is 0.636. The van der Waals surface area contributed by atoms with Crippen LogP contribution in [0.1, 0.15) is 6.92 Å². The second-order valence-corrected chi connectivity index (χ2v) is 2.57. The molecule has 6 N–H and O–H groups in total. The van der Waals surface area contributed by atoms with Gasteiger partial charge in [-0.15, -0.1) is 4.20 Å². The molecule has 0 aromatic heterocycles. The van der Waals surface area contributed by atoms with E-state index in [-0.39, 0.29) is 91.9 Å². The Bertz CT molecular complexity index is 245. The van der Waals surface area contributed by atoms with Crippen LogP contribution >= 0.6 is 12.2 Å². The summed E-state index contributed by atoms with van der Waals surface area (Å²) in [6, 6.07) is 0.